The number of hydrogen-bond donors (Lipinski definition) is 2. The Morgan fingerprint density at radius 3 is 2.61 bits per heavy atom. The van der Waals surface area contributed by atoms with Gasteiger partial charge in [-0.2, -0.15) is 9.97 Å². The third kappa shape index (κ3) is 3.52. The fraction of sp³-hybridized carbons (Fsp3) is 0.588. The zero-order valence-electron chi connectivity index (χ0n) is 14.5. The van der Waals surface area contributed by atoms with E-state index in [4.69, 9.17) is 4.98 Å². The summed E-state index contributed by atoms with van der Waals surface area (Å²) in [5, 5.41) is 7.88. The maximum atomic E-state index is 4.71. The molecule has 0 amide bonds. The number of anilines is 2. The highest BCUT2D eigenvalue weighted by atomic mass is 15.2. The Labute approximate surface area is 137 Å². The molecule has 23 heavy (non-hydrogen) atoms. The minimum atomic E-state index is 0.434. The van der Waals surface area contributed by atoms with Gasteiger partial charge in [0.05, 0.1) is 5.39 Å². The summed E-state index contributed by atoms with van der Waals surface area (Å²) in [7, 11) is 2.17. The molecule has 3 rings (SSSR count). The van der Waals surface area contributed by atoms with E-state index in [1.54, 1.807) is 0 Å². The average molecular weight is 314 g/mol. The predicted molar refractivity (Wildman–Crippen MR) is 95.1 cm³/mol. The maximum absolute atomic E-state index is 4.71. The number of likely N-dealkylation sites (tertiary alicyclic amines) is 1. The van der Waals surface area contributed by atoms with Crippen LogP contribution in [-0.2, 0) is 0 Å². The standard InChI is InChI=1S/C17H26N6/c1-5-18-15-14-11(2)10-12(3)19-16(14)22-17(21-15)20-13-6-8-23(4)9-7-13/h10,13H,5-9H2,1-4H3,(H2,18,19,20,21,22). The van der Waals surface area contributed by atoms with Crippen LogP contribution < -0.4 is 10.6 Å². The first-order chi connectivity index (χ1) is 11.1. The summed E-state index contributed by atoms with van der Waals surface area (Å²) >= 11 is 0. The lowest BCUT2D eigenvalue weighted by Crippen LogP contribution is -2.37. The van der Waals surface area contributed by atoms with Crippen LogP contribution in [0.15, 0.2) is 6.07 Å². The van der Waals surface area contributed by atoms with Gasteiger partial charge in [-0.15, -0.1) is 0 Å². The van der Waals surface area contributed by atoms with Crippen LogP contribution in [0.5, 0.6) is 0 Å². The normalized spacial score (nSPS) is 16.7. The van der Waals surface area contributed by atoms with Crippen molar-refractivity contribution in [1.29, 1.82) is 0 Å². The van der Waals surface area contributed by atoms with Crippen molar-refractivity contribution in [2.45, 2.75) is 39.7 Å². The molecule has 0 atom stereocenters. The van der Waals surface area contributed by atoms with Crippen LogP contribution in [-0.4, -0.2) is 52.6 Å². The first kappa shape index (κ1) is 15.9. The van der Waals surface area contributed by atoms with E-state index in [9.17, 15) is 0 Å². The first-order valence-corrected chi connectivity index (χ1v) is 8.41. The number of aryl methyl sites for hydroxylation is 2. The van der Waals surface area contributed by atoms with E-state index in [1.165, 1.54) is 0 Å². The molecule has 6 heteroatoms. The van der Waals surface area contributed by atoms with Crippen LogP contribution in [0.2, 0.25) is 0 Å². The van der Waals surface area contributed by atoms with Gasteiger partial charge < -0.3 is 15.5 Å². The van der Waals surface area contributed by atoms with Gasteiger partial charge in [0.1, 0.15) is 5.82 Å². The number of fused-ring (bicyclic) bond motifs is 1. The minimum absolute atomic E-state index is 0.434. The lowest BCUT2D eigenvalue weighted by Gasteiger charge is -2.29. The van der Waals surface area contributed by atoms with Gasteiger partial charge in [-0.05, 0) is 65.4 Å². The van der Waals surface area contributed by atoms with Gasteiger partial charge >= 0.3 is 0 Å². The molecule has 3 heterocycles. The van der Waals surface area contributed by atoms with E-state index in [1.807, 2.05) is 6.92 Å². The second-order valence-electron chi connectivity index (χ2n) is 6.43. The molecule has 2 N–H and O–H groups in total. The van der Waals surface area contributed by atoms with Gasteiger partial charge in [0, 0.05) is 18.3 Å². The Bertz CT molecular complexity index is 691. The lowest BCUT2D eigenvalue weighted by molar-refractivity contribution is 0.263. The zero-order valence-corrected chi connectivity index (χ0v) is 14.5. The average Bonchev–Trinajstić information content (AvgIpc) is 2.49. The molecule has 0 unspecified atom stereocenters. The van der Waals surface area contributed by atoms with Crippen molar-refractivity contribution in [2.75, 3.05) is 37.3 Å². The van der Waals surface area contributed by atoms with Crippen LogP contribution in [0.1, 0.15) is 31.0 Å². The van der Waals surface area contributed by atoms with Crippen LogP contribution in [0.3, 0.4) is 0 Å². The summed E-state index contributed by atoms with van der Waals surface area (Å²) in [4.78, 5) is 16.3. The predicted octanol–water partition coefficient (Wildman–Crippen LogP) is 2.58. The van der Waals surface area contributed by atoms with Gasteiger partial charge in [0.25, 0.3) is 0 Å². The molecule has 0 bridgehead atoms. The summed E-state index contributed by atoms with van der Waals surface area (Å²) in [6, 6.07) is 2.51. The summed E-state index contributed by atoms with van der Waals surface area (Å²) in [6.45, 7) is 9.22. The topological polar surface area (TPSA) is 66.0 Å². The lowest BCUT2D eigenvalue weighted by atomic mass is 10.1. The Morgan fingerprint density at radius 1 is 1.17 bits per heavy atom. The number of pyridine rings is 1. The molecule has 2 aromatic heterocycles. The molecule has 0 spiro atoms. The van der Waals surface area contributed by atoms with E-state index in [0.29, 0.717) is 12.0 Å². The van der Waals surface area contributed by atoms with Gasteiger partial charge in [0.2, 0.25) is 5.95 Å². The second kappa shape index (κ2) is 6.66. The highest BCUT2D eigenvalue weighted by molar-refractivity contribution is 5.90. The Morgan fingerprint density at radius 2 is 1.91 bits per heavy atom. The molecule has 0 radical (unpaired) electrons. The molecule has 124 valence electrons. The van der Waals surface area contributed by atoms with Gasteiger partial charge in [0.15, 0.2) is 5.65 Å². The van der Waals surface area contributed by atoms with Crippen LogP contribution >= 0.6 is 0 Å². The maximum Gasteiger partial charge on any atom is 0.226 e. The molecule has 1 aliphatic rings. The van der Waals surface area contributed by atoms with Crippen molar-refractivity contribution in [2.24, 2.45) is 0 Å². The number of rotatable bonds is 4. The first-order valence-electron chi connectivity index (χ1n) is 8.41. The highest BCUT2D eigenvalue weighted by Crippen LogP contribution is 2.25. The molecule has 0 aliphatic carbocycles. The minimum Gasteiger partial charge on any atom is -0.370 e. The van der Waals surface area contributed by atoms with E-state index in [-0.39, 0.29) is 0 Å². The van der Waals surface area contributed by atoms with Crippen molar-refractivity contribution >= 4 is 22.8 Å². The van der Waals surface area contributed by atoms with Gasteiger partial charge in [-0.25, -0.2) is 4.98 Å². The van der Waals surface area contributed by atoms with Crippen molar-refractivity contribution in [3.05, 3.63) is 17.3 Å². The molecular formula is C17H26N6. The molecule has 1 fully saturated rings. The number of hydrogen-bond acceptors (Lipinski definition) is 6. The van der Waals surface area contributed by atoms with Crippen LogP contribution in [0.25, 0.3) is 11.0 Å². The number of nitrogens with zero attached hydrogens (tertiary/aromatic N) is 4. The summed E-state index contributed by atoms with van der Waals surface area (Å²) in [5.41, 5.74) is 2.92. The second-order valence-corrected chi connectivity index (χ2v) is 6.43. The highest BCUT2D eigenvalue weighted by Gasteiger charge is 2.18. The summed E-state index contributed by atoms with van der Waals surface area (Å²) < 4.78 is 0. The largest absolute Gasteiger partial charge is 0.370 e. The van der Waals surface area contributed by atoms with Crippen molar-refractivity contribution < 1.29 is 0 Å². The van der Waals surface area contributed by atoms with Gasteiger partial charge in [-0.3, -0.25) is 0 Å². The van der Waals surface area contributed by atoms with E-state index in [2.05, 4.69) is 52.5 Å². The van der Waals surface area contributed by atoms with Crippen molar-refractivity contribution in [1.82, 2.24) is 19.9 Å². The third-order valence-electron chi connectivity index (χ3n) is 4.39. The number of aromatic nitrogens is 3. The zero-order chi connectivity index (χ0) is 16.4. The third-order valence-corrected chi connectivity index (χ3v) is 4.39. The SMILES string of the molecule is CCNc1nc(NC2CCN(C)CC2)nc2nc(C)cc(C)c12. The molecule has 0 saturated carbocycles. The summed E-state index contributed by atoms with van der Waals surface area (Å²) in [5.74, 6) is 1.55. The number of piperidine rings is 1. The van der Waals surface area contributed by atoms with E-state index in [0.717, 1.165) is 60.6 Å². The Hall–Kier alpha value is -1.95. The molecule has 2 aromatic rings. The Balaban J connectivity index is 1.94. The molecular weight excluding hydrogens is 288 g/mol. The van der Waals surface area contributed by atoms with Crippen molar-refractivity contribution in [3.8, 4) is 0 Å². The fourth-order valence-corrected chi connectivity index (χ4v) is 3.17. The Kier molecular flexibility index (Phi) is 4.61. The molecule has 0 aromatic carbocycles. The van der Waals surface area contributed by atoms with Gasteiger partial charge in [-0.1, -0.05) is 0 Å². The fourth-order valence-electron chi connectivity index (χ4n) is 3.17. The van der Waals surface area contributed by atoms with Crippen molar-refractivity contribution in [3.63, 3.8) is 0 Å². The number of nitrogens with one attached hydrogen (secondary N) is 2. The molecule has 1 aliphatic heterocycles. The van der Waals surface area contributed by atoms with Crippen LogP contribution in [0.4, 0.5) is 11.8 Å². The molecule has 6 nitrogen and oxygen atoms in total. The smallest absolute Gasteiger partial charge is 0.226 e. The molecule has 1 saturated heterocycles. The summed E-state index contributed by atoms with van der Waals surface area (Å²) in [6.07, 6.45) is 2.24. The monoisotopic (exact) mass is 314 g/mol. The van der Waals surface area contributed by atoms with E-state index >= 15 is 0 Å². The quantitative estimate of drug-likeness (QED) is 0.904. The van der Waals surface area contributed by atoms with Crippen LogP contribution in [0, 0.1) is 13.8 Å². The van der Waals surface area contributed by atoms with E-state index < -0.39 is 0 Å².